The van der Waals surface area contributed by atoms with Crippen molar-refractivity contribution in [2.24, 2.45) is 0 Å². The number of nitrogens with zero attached hydrogens (tertiary/aromatic N) is 1. The number of aromatic nitrogens is 1. The molecule has 0 atom stereocenters. The van der Waals surface area contributed by atoms with Crippen LogP contribution in [0.25, 0.3) is 0 Å². The van der Waals surface area contributed by atoms with Gasteiger partial charge in [-0.05, 0) is 19.3 Å². The molecule has 0 saturated heterocycles. The van der Waals surface area contributed by atoms with Crippen LogP contribution in [0.3, 0.4) is 0 Å². The third-order valence-electron chi connectivity index (χ3n) is 2.82. The number of carboxylic acid groups (broad SMARTS) is 1. The lowest BCUT2D eigenvalue weighted by molar-refractivity contribution is -0.697. The van der Waals surface area contributed by atoms with E-state index in [0.717, 1.165) is 25.8 Å². The fourth-order valence-corrected chi connectivity index (χ4v) is 1.85. The quantitative estimate of drug-likeness (QED) is 0.480. The van der Waals surface area contributed by atoms with Gasteiger partial charge in [0.05, 0.1) is 0 Å². The summed E-state index contributed by atoms with van der Waals surface area (Å²) < 4.78 is 2.19. The Bertz CT molecular complexity index is 311. The molecule has 0 unspecified atom stereocenters. The lowest BCUT2D eigenvalue weighted by atomic mass is 10.1. The Morgan fingerprint density at radius 2 is 1.47 bits per heavy atom. The van der Waals surface area contributed by atoms with E-state index < -0.39 is 5.97 Å². The van der Waals surface area contributed by atoms with Crippen molar-refractivity contribution in [3.63, 3.8) is 0 Å². The van der Waals surface area contributed by atoms with Gasteiger partial charge in [0, 0.05) is 24.5 Å². The van der Waals surface area contributed by atoms with E-state index in [-0.39, 0.29) is 6.42 Å². The fourth-order valence-electron chi connectivity index (χ4n) is 1.85. The molecule has 1 rings (SSSR count). The fraction of sp³-hybridized carbons (Fsp3) is 0.571. The minimum atomic E-state index is -0.925. The second kappa shape index (κ2) is 8.74. The number of rotatable bonds is 9. The van der Waals surface area contributed by atoms with Crippen LogP contribution in [-0.2, 0) is 11.3 Å². The van der Waals surface area contributed by atoms with Crippen molar-refractivity contribution in [3.8, 4) is 0 Å². The van der Waals surface area contributed by atoms with Crippen LogP contribution >= 0.6 is 0 Å². The first-order valence-corrected chi connectivity index (χ1v) is 6.43. The Morgan fingerprint density at radius 1 is 0.882 bits per heavy atom. The standard InChI is InChI=1S/C14H21NO2/c16-14(17)10-6-3-1-2-4-7-11-15-12-8-5-9-13-15/h5,8-9,12-13H,1-4,6-7,10-11H2. The van der Waals surface area contributed by atoms with E-state index in [1.54, 1.807) is 0 Å². The van der Waals surface area contributed by atoms with E-state index in [0.29, 0.717) is 0 Å². The van der Waals surface area contributed by atoms with Crippen LogP contribution in [0.15, 0.2) is 30.6 Å². The van der Waals surface area contributed by atoms with E-state index in [1.165, 1.54) is 19.3 Å². The van der Waals surface area contributed by atoms with Crippen molar-refractivity contribution in [2.45, 2.75) is 51.5 Å². The van der Waals surface area contributed by atoms with E-state index in [9.17, 15) is 9.90 Å². The predicted molar refractivity (Wildman–Crippen MR) is 64.0 cm³/mol. The maximum atomic E-state index is 10.2. The maximum absolute atomic E-state index is 10.2. The molecule has 0 radical (unpaired) electrons. The number of unbranched alkanes of at least 4 members (excludes halogenated alkanes) is 5. The van der Waals surface area contributed by atoms with Crippen LogP contribution in [-0.4, -0.2) is 5.97 Å². The summed E-state index contributed by atoms with van der Waals surface area (Å²) in [5, 5.41) is 10.2. The Morgan fingerprint density at radius 3 is 2.12 bits per heavy atom. The maximum Gasteiger partial charge on any atom is 0.168 e. The number of aryl methyl sites for hydroxylation is 1. The lowest BCUT2D eigenvalue weighted by Crippen LogP contribution is -2.32. The molecule has 0 amide bonds. The first kappa shape index (κ1) is 13.7. The summed E-state index contributed by atoms with van der Waals surface area (Å²) in [5.41, 5.74) is 0. The normalized spacial score (nSPS) is 10.4. The van der Waals surface area contributed by atoms with Crippen LogP contribution in [0.2, 0.25) is 0 Å². The Labute approximate surface area is 103 Å². The molecule has 0 N–H and O–H groups in total. The van der Waals surface area contributed by atoms with Crippen molar-refractivity contribution in [2.75, 3.05) is 0 Å². The zero-order chi connectivity index (χ0) is 12.3. The van der Waals surface area contributed by atoms with Crippen molar-refractivity contribution in [3.05, 3.63) is 30.6 Å². The van der Waals surface area contributed by atoms with E-state index in [1.807, 2.05) is 18.2 Å². The summed E-state index contributed by atoms with van der Waals surface area (Å²) in [7, 11) is 0. The van der Waals surface area contributed by atoms with Crippen LogP contribution in [0.1, 0.15) is 44.9 Å². The van der Waals surface area contributed by atoms with Crippen molar-refractivity contribution >= 4 is 5.97 Å². The van der Waals surface area contributed by atoms with E-state index in [4.69, 9.17) is 0 Å². The topological polar surface area (TPSA) is 44.0 Å². The highest BCUT2D eigenvalue weighted by molar-refractivity contribution is 5.63. The molecule has 1 heterocycles. The molecular weight excluding hydrogens is 214 g/mol. The minimum Gasteiger partial charge on any atom is -0.550 e. The highest BCUT2D eigenvalue weighted by Crippen LogP contribution is 2.06. The van der Waals surface area contributed by atoms with Crippen molar-refractivity contribution in [1.29, 1.82) is 0 Å². The molecule has 17 heavy (non-hydrogen) atoms. The number of pyridine rings is 1. The average molecular weight is 235 g/mol. The van der Waals surface area contributed by atoms with Crippen LogP contribution in [0.4, 0.5) is 0 Å². The Kier molecular flexibility index (Phi) is 7.03. The van der Waals surface area contributed by atoms with Crippen LogP contribution < -0.4 is 9.67 Å². The Balaban J connectivity index is 1.90. The third-order valence-corrected chi connectivity index (χ3v) is 2.82. The molecule has 94 valence electrons. The summed E-state index contributed by atoms with van der Waals surface area (Å²) in [5.74, 6) is -0.925. The van der Waals surface area contributed by atoms with Gasteiger partial charge in [0.2, 0.25) is 0 Å². The molecule has 0 fully saturated rings. The van der Waals surface area contributed by atoms with Gasteiger partial charge in [0.15, 0.2) is 12.4 Å². The molecule has 1 aromatic rings. The van der Waals surface area contributed by atoms with E-state index >= 15 is 0 Å². The second-order valence-corrected chi connectivity index (χ2v) is 4.36. The second-order valence-electron chi connectivity index (χ2n) is 4.36. The molecule has 0 spiro atoms. The van der Waals surface area contributed by atoms with Crippen molar-refractivity contribution in [1.82, 2.24) is 0 Å². The van der Waals surface area contributed by atoms with Gasteiger partial charge in [-0.15, -0.1) is 0 Å². The first-order chi connectivity index (χ1) is 8.29. The first-order valence-electron chi connectivity index (χ1n) is 6.43. The SMILES string of the molecule is O=C([O-])CCCCCCCC[n+]1ccccc1. The summed E-state index contributed by atoms with van der Waals surface area (Å²) in [6, 6.07) is 6.10. The smallest absolute Gasteiger partial charge is 0.168 e. The summed E-state index contributed by atoms with van der Waals surface area (Å²) in [6.45, 7) is 1.07. The van der Waals surface area contributed by atoms with Gasteiger partial charge in [-0.3, -0.25) is 0 Å². The van der Waals surface area contributed by atoms with E-state index in [2.05, 4.69) is 17.0 Å². The van der Waals surface area contributed by atoms with Crippen molar-refractivity contribution < 1.29 is 14.5 Å². The number of aliphatic carboxylic acids is 1. The lowest BCUT2D eigenvalue weighted by Gasteiger charge is -2.02. The van der Waals surface area contributed by atoms with Gasteiger partial charge in [-0.1, -0.05) is 25.3 Å². The van der Waals surface area contributed by atoms with Gasteiger partial charge in [-0.25, -0.2) is 4.57 Å². The summed E-state index contributed by atoms with van der Waals surface area (Å²) >= 11 is 0. The zero-order valence-corrected chi connectivity index (χ0v) is 10.3. The van der Waals surface area contributed by atoms with Crippen LogP contribution in [0.5, 0.6) is 0 Å². The largest absolute Gasteiger partial charge is 0.550 e. The van der Waals surface area contributed by atoms with Gasteiger partial charge in [-0.2, -0.15) is 0 Å². The molecule has 1 aromatic heterocycles. The summed E-state index contributed by atoms with van der Waals surface area (Å²) in [6.07, 6.45) is 10.9. The van der Waals surface area contributed by atoms with Gasteiger partial charge in [0.25, 0.3) is 0 Å². The highest BCUT2D eigenvalue weighted by atomic mass is 16.4. The number of carboxylic acids is 1. The number of hydrogen-bond donors (Lipinski definition) is 0. The predicted octanol–water partition coefficient (Wildman–Crippen LogP) is 1.45. The van der Waals surface area contributed by atoms with Gasteiger partial charge < -0.3 is 9.90 Å². The average Bonchev–Trinajstić information content (AvgIpc) is 2.33. The number of hydrogen-bond acceptors (Lipinski definition) is 2. The van der Waals surface area contributed by atoms with Gasteiger partial charge in [0.1, 0.15) is 6.54 Å². The molecule has 3 heteroatoms. The van der Waals surface area contributed by atoms with Gasteiger partial charge >= 0.3 is 0 Å². The zero-order valence-electron chi connectivity index (χ0n) is 10.3. The molecule has 0 saturated carbocycles. The Hall–Kier alpha value is -1.38. The summed E-state index contributed by atoms with van der Waals surface area (Å²) in [4.78, 5) is 10.2. The third kappa shape index (κ3) is 7.50. The molecule has 0 bridgehead atoms. The highest BCUT2D eigenvalue weighted by Gasteiger charge is 1.97. The molecule has 0 aliphatic carbocycles. The minimum absolute atomic E-state index is 0.208. The van der Waals surface area contributed by atoms with Crippen LogP contribution in [0, 0.1) is 0 Å². The molecule has 0 aliphatic rings. The molecular formula is C14H21NO2. The number of carbonyl (C=O) groups excluding carboxylic acids is 1. The number of carbonyl (C=O) groups is 1. The molecule has 3 nitrogen and oxygen atoms in total. The monoisotopic (exact) mass is 235 g/mol. The molecule has 0 aromatic carbocycles. The molecule has 0 aliphatic heterocycles.